The van der Waals surface area contributed by atoms with Crippen molar-refractivity contribution in [2.45, 2.75) is 37.6 Å². The first kappa shape index (κ1) is 14.7. The standard InChI is InChI=1S/C14H15BrN2O3S/c15-11-5-4-10(21-11)9(18)8-17-12(19)14(16-13(17)20)6-2-1-3-7-14/h4-5H,1-3,6-8H2,(H,16,20). The minimum absolute atomic E-state index is 0.181. The maximum Gasteiger partial charge on any atom is 0.325 e. The number of carbonyl (C=O) groups is 3. The SMILES string of the molecule is O=C(CN1C(=O)NC2(CCCCC2)C1=O)c1ccc(Br)s1. The highest BCUT2D eigenvalue weighted by atomic mass is 79.9. The van der Waals surface area contributed by atoms with Crippen LogP contribution >= 0.6 is 27.3 Å². The summed E-state index contributed by atoms with van der Waals surface area (Å²) in [6, 6.07) is 3.05. The summed E-state index contributed by atoms with van der Waals surface area (Å²) in [5.41, 5.74) is -0.758. The van der Waals surface area contributed by atoms with E-state index >= 15 is 0 Å². The fraction of sp³-hybridized carbons (Fsp3) is 0.500. The Kier molecular flexibility index (Phi) is 3.88. The van der Waals surface area contributed by atoms with E-state index in [0.29, 0.717) is 17.7 Å². The second-order valence-corrected chi connectivity index (χ2v) is 7.95. The summed E-state index contributed by atoms with van der Waals surface area (Å²) in [7, 11) is 0. The van der Waals surface area contributed by atoms with Gasteiger partial charge in [0.25, 0.3) is 5.91 Å². The summed E-state index contributed by atoms with van der Waals surface area (Å²) in [5, 5.41) is 2.81. The van der Waals surface area contributed by atoms with Gasteiger partial charge < -0.3 is 5.32 Å². The van der Waals surface area contributed by atoms with Crippen molar-refractivity contribution in [1.29, 1.82) is 0 Å². The monoisotopic (exact) mass is 370 g/mol. The quantitative estimate of drug-likeness (QED) is 0.656. The molecule has 0 atom stereocenters. The lowest BCUT2D eigenvalue weighted by Crippen LogP contribution is -2.48. The molecule has 2 heterocycles. The molecule has 0 aromatic carbocycles. The van der Waals surface area contributed by atoms with E-state index in [1.807, 2.05) is 0 Å². The first-order valence-electron chi connectivity index (χ1n) is 6.94. The Labute approximate surface area is 134 Å². The van der Waals surface area contributed by atoms with Crippen molar-refractivity contribution in [3.63, 3.8) is 0 Å². The molecule has 1 aromatic rings. The summed E-state index contributed by atoms with van der Waals surface area (Å²) in [4.78, 5) is 38.4. The maximum atomic E-state index is 12.5. The van der Waals surface area contributed by atoms with E-state index in [1.54, 1.807) is 12.1 Å². The van der Waals surface area contributed by atoms with Crippen LogP contribution in [0, 0.1) is 0 Å². The molecule has 2 fully saturated rings. The number of rotatable bonds is 3. The van der Waals surface area contributed by atoms with Crippen LogP contribution in [0.15, 0.2) is 15.9 Å². The molecule has 1 spiro atoms. The van der Waals surface area contributed by atoms with Gasteiger partial charge in [0.05, 0.1) is 15.2 Å². The maximum absolute atomic E-state index is 12.5. The van der Waals surface area contributed by atoms with Crippen molar-refractivity contribution < 1.29 is 14.4 Å². The van der Waals surface area contributed by atoms with E-state index in [2.05, 4.69) is 21.2 Å². The van der Waals surface area contributed by atoms with Crippen LogP contribution in [0.1, 0.15) is 41.8 Å². The molecule has 2 aliphatic rings. The van der Waals surface area contributed by atoms with Crippen LogP contribution < -0.4 is 5.32 Å². The minimum atomic E-state index is -0.758. The Hall–Kier alpha value is -1.21. The Bertz CT molecular complexity index is 607. The predicted octanol–water partition coefficient (Wildman–Crippen LogP) is 2.95. The van der Waals surface area contributed by atoms with E-state index in [-0.39, 0.29) is 18.2 Å². The Morgan fingerprint density at radius 1 is 1.29 bits per heavy atom. The molecular weight excluding hydrogens is 356 g/mol. The van der Waals surface area contributed by atoms with Crippen LogP contribution in [0.3, 0.4) is 0 Å². The summed E-state index contributed by atoms with van der Waals surface area (Å²) < 4.78 is 0.854. The van der Waals surface area contributed by atoms with E-state index < -0.39 is 11.6 Å². The molecule has 0 bridgehead atoms. The summed E-state index contributed by atoms with van der Waals surface area (Å²) in [6.07, 6.45) is 4.31. The van der Waals surface area contributed by atoms with Gasteiger partial charge in [-0.1, -0.05) is 19.3 Å². The lowest BCUT2D eigenvalue weighted by atomic mass is 9.82. The predicted molar refractivity (Wildman–Crippen MR) is 82.4 cm³/mol. The zero-order valence-electron chi connectivity index (χ0n) is 11.4. The van der Waals surface area contributed by atoms with Crippen molar-refractivity contribution in [1.82, 2.24) is 10.2 Å². The van der Waals surface area contributed by atoms with Gasteiger partial charge in [0.1, 0.15) is 5.54 Å². The van der Waals surface area contributed by atoms with Crippen LogP contribution in [0.5, 0.6) is 0 Å². The van der Waals surface area contributed by atoms with Gasteiger partial charge in [0, 0.05) is 0 Å². The molecule has 1 aliphatic heterocycles. The highest BCUT2D eigenvalue weighted by Gasteiger charge is 2.51. The van der Waals surface area contributed by atoms with Gasteiger partial charge in [0.2, 0.25) is 0 Å². The molecular formula is C14H15BrN2O3S. The number of nitrogens with one attached hydrogen (secondary N) is 1. The molecule has 1 aliphatic carbocycles. The third-order valence-corrected chi connectivity index (χ3v) is 5.77. The first-order valence-corrected chi connectivity index (χ1v) is 8.55. The zero-order chi connectivity index (χ0) is 15.0. The second-order valence-electron chi connectivity index (χ2n) is 5.49. The number of nitrogens with zero attached hydrogens (tertiary/aromatic N) is 1. The third kappa shape index (κ3) is 2.64. The molecule has 3 amide bonds. The fourth-order valence-electron chi connectivity index (χ4n) is 3.00. The molecule has 5 nitrogen and oxygen atoms in total. The van der Waals surface area contributed by atoms with Crippen molar-refractivity contribution in [3.8, 4) is 0 Å². The Morgan fingerprint density at radius 3 is 2.62 bits per heavy atom. The molecule has 21 heavy (non-hydrogen) atoms. The van der Waals surface area contributed by atoms with Crippen molar-refractivity contribution >= 4 is 45.0 Å². The van der Waals surface area contributed by atoms with Gasteiger partial charge in [-0.3, -0.25) is 14.5 Å². The van der Waals surface area contributed by atoms with Crippen molar-refractivity contribution in [2.75, 3.05) is 6.54 Å². The molecule has 3 rings (SSSR count). The zero-order valence-corrected chi connectivity index (χ0v) is 13.8. The minimum Gasteiger partial charge on any atom is -0.323 e. The molecule has 112 valence electrons. The number of Topliss-reactive ketones (excluding diaryl/α,β-unsaturated/α-hetero) is 1. The van der Waals surface area contributed by atoms with Crippen LogP contribution in [0.4, 0.5) is 4.79 Å². The number of imide groups is 1. The van der Waals surface area contributed by atoms with Gasteiger partial charge >= 0.3 is 6.03 Å². The first-order chi connectivity index (χ1) is 10.0. The number of urea groups is 1. The lowest BCUT2D eigenvalue weighted by molar-refractivity contribution is -0.132. The fourth-order valence-corrected chi connectivity index (χ4v) is 4.32. The van der Waals surface area contributed by atoms with E-state index in [0.717, 1.165) is 27.9 Å². The average molecular weight is 371 g/mol. The largest absolute Gasteiger partial charge is 0.325 e. The summed E-state index contributed by atoms with van der Waals surface area (Å²) in [5.74, 6) is -0.446. The van der Waals surface area contributed by atoms with Crippen LogP contribution in [-0.2, 0) is 4.79 Å². The second kappa shape index (κ2) is 5.53. The average Bonchev–Trinajstić information content (AvgIpc) is 2.98. The van der Waals surface area contributed by atoms with E-state index in [9.17, 15) is 14.4 Å². The number of ketones is 1. The molecule has 7 heteroatoms. The summed E-state index contributed by atoms with van der Waals surface area (Å²) >= 11 is 4.61. The number of hydrogen-bond donors (Lipinski definition) is 1. The van der Waals surface area contributed by atoms with Gasteiger partial charge in [-0.05, 0) is 40.9 Å². The Balaban J connectivity index is 1.75. The van der Waals surface area contributed by atoms with Crippen molar-refractivity contribution in [2.24, 2.45) is 0 Å². The number of halogens is 1. The molecule has 1 aromatic heterocycles. The van der Waals surface area contributed by atoms with Crippen LogP contribution in [-0.4, -0.2) is 34.7 Å². The molecule has 0 unspecified atom stereocenters. The molecule has 1 saturated heterocycles. The van der Waals surface area contributed by atoms with E-state index in [4.69, 9.17) is 0 Å². The van der Waals surface area contributed by atoms with Crippen LogP contribution in [0.2, 0.25) is 0 Å². The topological polar surface area (TPSA) is 66.5 Å². The van der Waals surface area contributed by atoms with Gasteiger partial charge in [0.15, 0.2) is 5.78 Å². The van der Waals surface area contributed by atoms with E-state index in [1.165, 1.54) is 11.3 Å². The Morgan fingerprint density at radius 2 is 2.00 bits per heavy atom. The molecule has 1 saturated carbocycles. The lowest BCUT2D eigenvalue weighted by Gasteiger charge is -2.30. The molecule has 1 N–H and O–H groups in total. The summed E-state index contributed by atoms with van der Waals surface area (Å²) in [6.45, 7) is -0.181. The van der Waals surface area contributed by atoms with Gasteiger partial charge in [-0.2, -0.15) is 0 Å². The highest BCUT2D eigenvalue weighted by Crippen LogP contribution is 2.34. The number of thiophene rings is 1. The van der Waals surface area contributed by atoms with Gasteiger partial charge in [-0.15, -0.1) is 11.3 Å². The number of hydrogen-bond acceptors (Lipinski definition) is 4. The smallest absolute Gasteiger partial charge is 0.323 e. The van der Waals surface area contributed by atoms with Crippen molar-refractivity contribution in [3.05, 3.63) is 20.8 Å². The molecule has 0 radical (unpaired) electrons. The number of amides is 3. The third-order valence-electron chi connectivity index (χ3n) is 4.10. The normalized spacial score (nSPS) is 20.9. The van der Waals surface area contributed by atoms with Gasteiger partial charge in [-0.25, -0.2) is 4.79 Å². The number of carbonyl (C=O) groups excluding carboxylic acids is 3. The highest BCUT2D eigenvalue weighted by molar-refractivity contribution is 9.11. The van der Waals surface area contributed by atoms with Crippen LogP contribution in [0.25, 0.3) is 0 Å².